The van der Waals surface area contributed by atoms with Gasteiger partial charge in [0.25, 0.3) is 0 Å². The number of hydrogen-bond acceptors (Lipinski definition) is 3. The molecule has 0 saturated heterocycles. The van der Waals surface area contributed by atoms with Crippen LogP contribution in [0.15, 0.2) is 48.8 Å². The zero-order chi connectivity index (χ0) is 23.5. The summed E-state index contributed by atoms with van der Waals surface area (Å²) < 4.78 is 2.29. The molecule has 2 heterocycles. The Morgan fingerprint density at radius 3 is 1.94 bits per heavy atom. The predicted octanol–water partition coefficient (Wildman–Crippen LogP) is 7.63. The van der Waals surface area contributed by atoms with Crippen LogP contribution in [0, 0.1) is 11.8 Å². The number of aliphatic hydroxyl groups is 1. The van der Waals surface area contributed by atoms with Crippen molar-refractivity contribution >= 4 is 11.6 Å². The van der Waals surface area contributed by atoms with Crippen LogP contribution < -0.4 is 0 Å². The molecule has 1 N–H and O–H groups in total. The van der Waals surface area contributed by atoms with Crippen molar-refractivity contribution in [3.8, 4) is 22.5 Å². The van der Waals surface area contributed by atoms with Gasteiger partial charge in [-0.05, 0) is 68.7 Å². The Hall–Kier alpha value is -2.17. The highest BCUT2D eigenvalue weighted by Gasteiger charge is 2.49. The summed E-state index contributed by atoms with van der Waals surface area (Å²) in [5, 5.41) is 13.5. The molecule has 3 aromatic rings. The maximum atomic E-state index is 12.8. The maximum Gasteiger partial charge on any atom is 0.142 e. The summed E-state index contributed by atoms with van der Waals surface area (Å²) in [5.41, 5.74) is 3.19. The molecule has 0 amide bonds. The fourth-order valence-electron chi connectivity index (χ4n) is 6.46. The van der Waals surface area contributed by atoms with Gasteiger partial charge in [0.1, 0.15) is 11.4 Å². The summed E-state index contributed by atoms with van der Waals surface area (Å²) in [5.74, 6) is 1.39. The number of rotatable bonds is 6. The lowest BCUT2D eigenvalue weighted by Crippen LogP contribution is -2.46. The van der Waals surface area contributed by atoms with Gasteiger partial charge in [0.15, 0.2) is 0 Å². The van der Waals surface area contributed by atoms with Crippen LogP contribution in [0.3, 0.4) is 0 Å². The van der Waals surface area contributed by atoms with Gasteiger partial charge >= 0.3 is 0 Å². The molecule has 34 heavy (non-hydrogen) atoms. The van der Waals surface area contributed by atoms with Gasteiger partial charge in [-0.15, -0.1) is 0 Å². The molecule has 0 spiro atoms. The van der Waals surface area contributed by atoms with Crippen LogP contribution in [0.2, 0.25) is 5.02 Å². The van der Waals surface area contributed by atoms with Gasteiger partial charge in [-0.2, -0.15) is 0 Å². The van der Waals surface area contributed by atoms with Crippen LogP contribution >= 0.6 is 11.6 Å². The lowest BCUT2D eigenvalue weighted by molar-refractivity contribution is -0.107. The fraction of sp³-hybridized carbons (Fsp3) is 0.517. The number of imidazole rings is 1. The summed E-state index contributed by atoms with van der Waals surface area (Å²) >= 11 is 6.24. The molecule has 2 aliphatic carbocycles. The Morgan fingerprint density at radius 2 is 1.41 bits per heavy atom. The first-order chi connectivity index (χ1) is 16.6. The van der Waals surface area contributed by atoms with Crippen LogP contribution in [-0.4, -0.2) is 19.6 Å². The number of aromatic nitrogens is 3. The van der Waals surface area contributed by atoms with Crippen molar-refractivity contribution < 1.29 is 5.11 Å². The van der Waals surface area contributed by atoms with Crippen molar-refractivity contribution in [2.24, 2.45) is 11.8 Å². The smallest absolute Gasteiger partial charge is 0.142 e. The largest absolute Gasteiger partial charge is 0.381 e. The highest BCUT2D eigenvalue weighted by Crippen LogP contribution is 2.50. The monoisotopic (exact) mass is 477 g/mol. The van der Waals surface area contributed by atoms with Gasteiger partial charge in [0.2, 0.25) is 0 Å². The minimum Gasteiger partial charge on any atom is -0.381 e. The number of pyridine rings is 1. The summed E-state index contributed by atoms with van der Waals surface area (Å²) in [7, 11) is 0. The zero-order valence-electron chi connectivity index (χ0n) is 20.2. The number of hydrogen-bond donors (Lipinski definition) is 1. The standard InChI is InChI=1S/C29H36ClN3O/c1-2-33-27(22-13-15-25(30)16-14-22)26(21-17-19-31-20-18-21)32-28(33)29(34,23-9-5-3-6-10-23)24-11-7-4-8-12-24/h13-20,23-24,34H,2-12H2,1H3. The highest BCUT2D eigenvalue weighted by atomic mass is 35.5. The van der Waals surface area contributed by atoms with E-state index in [2.05, 4.69) is 28.6 Å². The first-order valence-electron chi connectivity index (χ1n) is 13.1. The molecule has 0 aliphatic heterocycles. The van der Waals surface area contributed by atoms with Gasteiger partial charge < -0.3 is 9.67 Å². The molecule has 180 valence electrons. The van der Waals surface area contributed by atoms with Gasteiger partial charge in [-0.1, -0.05) is 62.3 Å². The maximum absolute atomic E-state index is 12.8. The van der Waals surface area contributed by atoms with Crippen LogP contribution in [0.4, 0.5) is 0 Å². The molecule has 1 aromatic carbocycles. The summed E-state index contributed by atoms with van der Waals surface area (Å²) in [6.07, 6.45) is 15.3. The lowest BCUT2D eigenvalue weighted by Gasteiger charge is -2.45. The van der Waals surface area contributed by atoms with Gasteiger partial charge in [0, 0.05) is 35.1 Å². The van der Waals surface area contributed by atoms with Crippen molar-refractivity contribution in [1.82, 2.24) is 14.5 Å². The van der Waals surface area contributed by atoms with Crippen LogP contribution in [0.1, 0.15) is 77.0 Å². The second-order valence-corrected chi connectivity index (χ2v) is 10.6. The zero-order valence-corrected chi connectivity index (χ0v) is 21.0. The van der Waals surface area contributed by atoms with Gasteiger partial charge in [-0.25, -0.2) is 4.98 Å². The second kappa shape index (κ2) is 10.2. The topological polar surface area (TPSA) is 50.9 Å². The second-order valence-electron chi connectivity index (χ2n) is 10.1. The van der Waals surface area contributed by atoms with E-state index in [1.54, 1.807) is 0 Å². The molecule has 0 unspecified atom stereocenters. The normalized spacial score (nSPS) is 18.3. The van der Waals surface area contributed by atoms with Crippen molar-refractivity contribution in [3.05, 3.63) is 59.6 Å². The van der Waals surface area contributed by atoms with E-state index >= 15 is 0 Å². The Morgan fingerprint density at radius 1 is 0.853 bits per heavy atom. The summed E-state index contributed by atoms with van der Waals surface area (Å²) in [6, 6.07) is 12.1. The quantitative estimate of drug-likeness (QED) is 0.397. The van der Waals surface area contributed by atoms with Gasteiger partial charge in [0.05, 0.1) is 11.4 Å². The molecular weight excluding hydrogens is 442 g/mol. The van der Waals surface area contributed by atoms with E-state index in [0.717, 1.165) is 65.6 Å². The average Bonchev–Trinajstić information content (AvgIpc) is 3.30. The molecule has 2 aliphatic rings. The van der Waals surface area contributed by atoms with Crippen molar-refractivity contribution in [3.63, 3.8) is 0 Å². The third-order valence-corrected chi connectivity index (χ3v) is 8.42. The molecule has 0 radical (unpaired) electrons. The third-order valence-electron chi connectivity index (χ3n) is 8.17. The minimum atomic E-state index is -0.899. The van der Waals surface area contributed by atoms with Gasteiger partial charge in [-0.3, -0.25) is 4.98 Å². The Kier molecular flexibility index (Phi) is 7.08. The van der Waals surface area contributed by atoms with Crippen molar-refractivity contribution in [2.75, 3.05) is 0 Å². The van der Waals surface area contributed by atoms with Crippen LogP contribution in [0.5, 0.6) is 0 Å². The predicted molar refractivity (Wildman–Crippen MR) is 139 cm³/mol. The van der Waals surface area contributed by atoms with Crippen LogP contribution in [-0.2, 0) is 12.1 Å². The first-order valence-corrected chi connectivity index (χ1v) is 13.5. The highest BCUT2D eigenvalue weighted by molar-refractivity contribution is 6.30. The average molecular weight is 478 g/mol. The molecule has 0 atom stereocenters. The van der Waals surface area contributed by atoms with E-state index in [1.807, 2.05) is 36.7 Å². The molecule has 4 nitrogen and oxygen atoms in total. The van der Waals surface area contributed by atoms with Crippen molar-refractivity contribution in [2.45, 2.75) is 83.3 Å². The van der Waals surface area contributed by atoms with E-state index in [4.69, 9.17) is 16.6 Å². The molecule has 5 rings (SSSR count). The first kappa shape index (κ1) is 23.6. The SMILES string of the molecule is CCn1c(C(O)(C2CCCCC2)C2CCCCC2)nc(-c2ccncc2)c1-c1ccc(Cl)cc1. The summed E-state index contributed by atoms with van der Waals surface area (Å²) in [6.45, 7) is 2.93. The fourth-order valence-corrected chi connectivity index (χ4v) is 6.59. The molecule has 2 aromatic heterocycles. The number of halogens is 1. The molecule has 2 fully saturated rings. The number of benzene rings is 1. The third kappa shape index (κ3) is 4.31. The van der Waals surface area contributed by atoms with E-state index in [9.17, 15) is 5.11 Å². The Labute approximate surface area is 208 Å². The van der Waals surface area contributed by atoms with Crippen molar-refractivity contribution in [1.29, 1.82) is 0 Å². The molecular formula is C29H36ClN3O. The Bertz CT molecular complexity index is 1060. The number of nitrogens with zero attached hydrogens (tertiary/aromatic N) is 3. The summed E-state index contributed by atoms with van der Waals surface area (Å²) in [4.78, 5) is 9.55. The molecule has 5 heteroatoms. The van der Waals surface area contributed by atoms with E-state index in [0.29, 0.717) is 0 Å². The molecule has 0 bridgehead atoms. The van der Waals surface area contributed by atoms with E-state index in [-0.39, 0.29) is 11.8 Å². The van der Waals surface area contributed by atoms with E-state index < -0.39 is 5.60 Å². The van der Waals surface area contributed by atoms with E-state index in [1.165, 1.54) is 38.5 Å². The molecule has 2 saturated carbocycles. The van der Waals surface area contributed by atoms with Crippen LogP contribution in [0.25, 0.3) is 22.5 Å². The lowest BCUT2D eigenvalue weighted by atomic mass is 9.66. The minimum absolute atomic E-state index is 0.264. The Balaban J connectivity index is 1.74.